The van der Waals surface area contributed by atoms with Crippen molar-refractivity contribution in [1.82, 2.24) is 4.90 Å². The minimum atomic E-state index is -0.681. The number of likely N-dealkylation sites (tertiary alicyclic amines) is 1. The molecule has 2 rings (SSSR count). The van der Waals surface area contributed by atoms with Gasteiger partial charge < -0.3 is 5.11 Å². The third-order valence-corrected chi connectivity index (χ3v) is 4.56. The molecule has 0 spiro atoms. The number of nitrogens with zero attached hydrogens (tertiary/aromatic N) is 1. The van der Waals surface area contributed by atoms with Gasteiger partial charge in [0, 0.05) is 6.54 Å². The van der Waals surface area contributed by atoms with Crippen molar-refractivity contribution >= 4 is 5.97 Å². The molecular formula is C17H25NO2. The number of carbonyl (C=O) groups is 1. The highest BCUT2D eigenvalue weighted by Gasteiger charge is 2.38. The lowest BCUT2D eigenvalue weighted by molar-refractivity contribution is -0.143. The van der Waals surface area contributed by atoms with Crippen LogP contribution in [0.5, 0.6) is 0 Å². The van der Waals surface area contributed by atoms with Crippen LogP contribution >= 0.6 is 0 Å². The fraction of sp³-hybridized carbons (Fsp3) is 0.588. The average Bonchev–Trinajstić information content (AvgIpc) is 2.81. The second kappa shape index (κ2) is 6.40. The molecule has 1 aromatic carbocycles. The van der Waals surface area contributed by atoms with Gasteiger partial charge >= 0.3 is 5.97 Å². The number of rotatable bonds is 6. The third kappa shape index (κ3) is 3.60. The Hall–Kier alpha value is -1.35. The number of carboxylic acids is 1. The molecule has 1 aliphatic heterocycles. The molecule has 0 aliphatic carbocycles. The van der Waals surface area contributed by atoms with Crippen LogP contribution in [0.25, 0.3) is 0 Å². The second-order valence-electron chi connectivity index (χ2n) is 6.28. The topological polar surface area (TPSA) is 40.5 Å². The van der Waals surface area contributed by atoms with Crippen molar-refractivity contribution in [2.24, 2.45) is 5.41 Å². The van der Waals surface area contributed by atoms with Gasteiger partial charge in [0.25, 0.3) is 0 Å². The van der Waals surface area contributed by atoms with Crippen molar-refractivity contribution in [3.05, 3.63) is 35.9 Å². The van der Waals surface area contributed by atoms with Crippen LogP contribution < -0.4 is 0 Å². The van der Waals surface area contributed by atoms with Gasteiger partial charge in [-0.1, -0.05) is 44.2 Å². The summed E-state index contributed by atoms with van der Waals surface area (Å²) < 4.78 is 0. The zero-order valence-electron chi connectivity index (χ0n) is 12.5. The molecule has 0 saturated carbocycles. The van der Waals surface area contributed by atoms with Crippen molar-refractivity contribution < 1.29 is 9.90 Å². The number of hydrogen-bond donors (Lipinski definition) is 1. The van der Waals surface area contributed by atoms with Crippen LogP contribution in [0.15, 0.2) is 30.3 Å². The lowest BCUT2D eigenvalue weighted by Crippen LogP contribution is -2.40. The van der Waals surface area contributed by atoms with Gasteiger partial charge in [-0.25, -0.2) is 0 Å². The molecule has 1 fully saturated rings. The molecule has 1 saturated heterocycles. The second-order valence-corrected chi connectivity index (χ2v) is 6.28. The van der Waals surface area contributed by atoms with Crippen molar-refractivity contribution in [3.63, 3.8) is 0 Å². The van der Waals surface area contributed by atoms with E-state index in [1.54, 1.807) is 0 Å². The molecule has 1 N–H and O–H groups in total. The van der Waals surface area contributed by atoms with E-state index in [-0.39, 0.29) is 11.5 Å². The number of carboxylic acid groups (broad SMARTS) is 1. The lowest BCUT2D eigenvalue weighted by atomic mass is 9.83. The monoisotopic (exact) mass is 275 g/mol. The third-order valence-electron chi connectivity index (χ3n) is 4.56. The van der Waals surface area contributed by atoms with Crippen LogP contribution in [0.4, 0.5) is 0 Å². The first-order chi connectivity index (χ1) is 9.54. The predicted molar refractivity (Wildman–Crippen MR) is 80.8 cm³/mol. The van der Waals surface area contributed by atoms with Gasteiger partial charge in [0.15, 0.2) is 0 Å². The highest BCUT2D eigenvalue weighted by atomic mass is 16.4. The molecule has 2 atom stereocenters. The van der Waals surface area contributed by atoms with Crippen molar-refractivity contribution in [2.75, 3.05) is 13.1 Å². The van der Waals surface area contributed by atoms with E-state index in [2.05, 4.69) is 36.1 Å². The van der Waals surface area contributed by atoms with E-state index >= 15 is 0 Å². The molecule has 3 nitrogen and oxygen atoms in total. The standard InChI is InChI=1S/C17H25NO2/c1-3-15(16(19)20)18-12-11-17(2,13-18)10-9-14-7-5-4-6-8-14/h4-8,15H,3,9-13H2,1-2H3,(H,19,20). The Morgan fingerprint density at radius 2 is 2.10 bits per heavy atom. The van der Waals surface area contributed by atoms with Crippen LogP contribution in [-0.2, 0) is 11.2 Å². The maximum Gasteiger partial charge on any atom is 0.320 e. The molecule has 0 bridgehead atoms. The zero-order valence-corrected chi connectivity index (χ0v) is 12.5. The molecule has 1 aliphatic rings. The number of hydrogen-bond acceptors (Lipinski definition) is 2. The minimum absolute atomic E-state index is 0.249. The Bertz CT molecular complexity index is 446. The van der Waals surface area contributed by atoms with E-state index in [1.807, 2.05) is 13.0 Å². The molecule has 1 heterocycles. The van der Waals surface area contributed by atoms with Gasteiger partial charge in [-0.15, -0.1) is 0 Å². The Kier molecular flexibility index (Phi) is 4.81. The number of aryl methyl sites for hydroxylation is 1. The van der Waals surface area contributed by atoms with Crippen LogP contribution in [0.1, 0.15) is 38.7 Å². The molecule has 0 aromatic heterocycles. The summed E-state index contributed by atoms with van der Waals surface area (Å²) in [6, 6.07) is 10.2. The summed E-state index contributed by atoms with van der Waals surface area (Å²) in [4.78, 5) is 13.4. The minimum Gasteiger partial charge on any atom is -0.480 e. The first-order valence-electron chi connectivity index (χ1n) is 7.55. The number of benzene rings is 1. The maximum absolute atomic E-state index is 11.3. The number of aliphatic carboxylic acids is 1. The summed E-state index contributed by atoms with van der Waals surface area (Å²) in [5.74, 6) is -0.681. The summed E-state index contributed by atoms with van der Waals surface area (Å²) in [6.07, 6.45) is 3.99. The first kappa shape index (κ1) is 15.0. The smallest absolute Gasteiger partial charge is 0.320 e. The van der Waals surface area contributed by atoms with E-state index in [4.69, 9.17) is 0 Å². The van der Waals surface area contributed by atoms with E-state index in [1.165, 1.54) is 5.56 Å². The molecule has 3 heteroatoms. The van der Waals surface area contributed by atoms with Crippen LogP contribution in [0, 0.1) is 5.41 Å². The molecule has 2 unspecified atom stereocenters. The van der Waals surface area contributed by atoms with Gasteiger partial charge in [0.05, 0.1) is 0 Å². The largest absolute Gasteiger partial charge is 0.480 e. The summed E-state index contributed by atoms with van der Waals surface area (Å²) >= 11 is 0. The SMILES string of the molecule is CCC(C(=O)O)N1CCC(C)(CCc2ccccc2)C1. The van der Waals surface area contributed by atoms with Crippen molar-refractivity contribution in [2.45, 2.75) is 45.6 Å². The Morgan fingerprint density at radius 3 is 2.70 bits per heavy atom. The summed E-state index contributed by atoms with van der Waals surface area (Å²) in [5.41, 5.74) is 1.62. The molecular weight excluding hydrogens is 250 g/mol. The van der Waals surface area contributed by atoms with E-state index in [0.717, 1.165) is 32.4 Å². The average molecular weight is 275 g/mol. The van der Waals surface area contributed by atoms with Crippen molar-refractivity contribution in [3.8, 4) is 0 Å². The Morgan fingerprint density at radius 1 is 1.40 bits per heavy atom. The van der Waals surface area contributed by atoms with E-state index < -0.39 is 5.97 Å². The molecule has 0 radical (unpaired) electrons. The molecule has 110 valence electrons. The van der Waals surface area contributed by atoms with E-state index in [9.17, 15) is 9.90 Å². The fourth-order valence-corrected chi connectivity index (χ4v) is 3.21. The van der Waals surface area contributed by atoms with Gasteiger partial charge in [0.1, 0.15) is 6.04 Å². The van der Waals surface area contributed by atoms with Crippen LogP contribution in [0.3, 0.4) is 0 Å². The predicted octanol–water partition coefficient (Wildman–Crippen LogP) is 3.19. The highest BCUT2D eigenvalue weighted by Crippen LogP contribution is 2.36. The molecule has 20 heavy (non-hydrogen) atoms. The normalized spacial score (nSPS) is 24.7. The molecule has 0 amide bonds. The zero-order chi connectivity index (χ0) is 14.6. The maximum atomic E-state index is 11.3. The lowest BCUT2D eigenvalue weighted by Gasteiger charge is -2.27. The van der Waals surface area contributed by atoms with Crippen LogP contribution in [-0.4, -0.2) is 35.1 Å². The van der Waals surface area contributed by atoms with Gasteiger partial charge in [-0.05, 0) is 43.2 Å². The highest BCUT2D eigenvalue weighted by molar-refractivity contribution is 5.73. The van der Waals surface area contributed by atoms with Gasteiger partial charge in [-0.3, -0.25) is 9.69 Å². The van der Waals surface area contributed by atoms with Crippen molar-refractivity contribution in [1.29, 1.82) is 0 Å². The summed E-state index contributed by atoms with van der Waals surface area (Å²) in [5, 5.41) is 9.27. The van der Waals surface area contributed by atoms with Gasteiger partial charge in [0.2, 0.25) is 0 Å². The Balaban J connectivity index is 1.91. The van der Waals surface area contributed by atoms with Gasteiger partial charge in [-0.2, -0.15) is 0 Å². The Labute approximate surface area is 121 Å². The fourth-order valence-electron chi connectivity index (χ4n) is 3.21. The van der Waals surface area contributed by atoms with E-state index in [0.29, 0.717) is 6.42 Å². The quantitative estimate of drug-likeness (QED) is 0.866. The van der Waals surface area contributed by atoms with Crippen LogP contribution in [0.2, 0.25) is 0 Å². The summed E-state index contributed by atoms with van der Waals surface area (Å²) in [7, 11) is 0. The molecule has 1 aromatic rings. The summed E-state index contributed by atoms with van der Waals surface area (Å²) in [6.45, 7) is 6.07. The first-order valence-corrected chi connectivity index (χ1v) is 7.55.